The Bertz CT molecular complexity index is 1000. The molecule has 0 fully saturated rings. The van der Waals surface area contributed by atoms with Crippen LogP contribution in [-0.2, 0) is 4.74 Å². The van der Waals surface area contributed by atoms with Crippen LogP contribution in [0.3, 0.4) is 0 Å². The van der Waals surface area contributed by atoms with Gasteiger partial charge in [-0.2, -0.15) is 0 Å². The molecular formula is C23H26N2O5S. The summed E-state index contributed by atoms with van der Waals surface area (Å²) in [5.41, 5.74) is 2.22. The van der Waals surface area contributed by atoms with Gasteiger partial charge in [0.05, 0.1) is 26.9 Å². The molecule has 3 aromatic rings. The molecule has 3 rings (SSSR count). The molecule has 1 unspecified atom stereocenters. The van der Waals surface area contributed by atoms with E-state index in [1.807, 2.05) is 49.4 Å². The zero-order chi connectivity index (χ0) is 22.2. The number of ether oxygens (including phenoxy) is 4. The summed E-state index contributed by atoms with van der Waals surface area (Å²) < 4.78 is 21.3. The number of hydrogen-bond donors (Lipinski definition) is 1. The minimum atomic E-state index is -0.236. The van der Waals surface area contributed by atoms with E-state index in [0.717, 1.165) is 21.9 Å². The van der Waals surface area contributed by atoms with Crippen LogP contribution in [0.2, 0.25) is 0 Å². The van der Waals surface area contributed by atoms with Crippen LogP contribution in [0.15, 0.2) is 47.8 Å². The van der Waals surface area contributed by atoms with Crippen LogP contribution in [0, 0.1) is 0 Å². The highest BCUT2D eigenvalue weighted by molar-refractivity contribution is 7.13. The Morgan fingerprint density at radius 1 is 1.03 bits per heavy atom. The molecule has 31 heavy (non-hydrogen) atoms. The first-order chi connectivity index (χ1) is 15.0. The predicted molar refractivity (Wildman–Crippen MR) is 120 cm³/mol. The smallest absolute Gasteiger partial charge is 0.271 e. The predicted octanol–water partition coefficient (Wildman–Crippen LogP) is 4.34. The van der Waals surface area contributed by atoms with Gasteiger partial charge in [0.1, 0.15) is 23.1 Å². The molecule has 0 saturated heterocycles. The lowest BCUT2D eigenvalue weighted by molar-refractivity contribution is 0.0935. The van der Waals surface area contributed by atoms with Crippen LogP contribution in [-0.4, -0.2) is 45.4 Å². The summed E-state index contributed by atoms with van der Waals surface area (Å²) in [7, 11) is 4.83. The van der Waals surface area contributed by atoms with Crippen molar-refractivity contribution in [3.63, 3.8) is 0 Å². The monoisotopic (exact) mass is 442 g/mol. The molecule has 2 aromatic carbocycles. The van der Waals surface area contributed by atoms with E-state index in [-0.39, 0.29) is 11.9 Å². The highest BCUT2D eigenvalue weighted by atomic mass is 32.1. The fourth-order valence-electron chi connectivity index (χ4n) is 2.91. The molecule has 1 heterocycles. The molecule has 0 saturated carbocycles. The molecule has 0 aliphatic heterocycles. The van der Waals surface area contributed by atoms with Gasteiger partial charge in [0.15, 0.2) is 11.5 Å². The van der Waals surface area contributed by atoms with Crippen LogP contribution in [0.4, 0.5) is 0 Å². The minimum absolute atomic E-state index is 0.233. The molecule has 0 aliphatic carbocycles. The average molecular weight is 443 g/mol. The van der Waals surface area contributed by atoms with Crippen LogP contribution in [0.5, 0.6) is 17.2 Å². The second kappa shape index (κ2) is 10.8. The van der Waals surface area contributed by atoms with E-state index in [9.17, 15) is 4.79 Å². The van der Waals surface area contributed by atoms with Gasteiger partial charge in [-0.1, -0.05) is 6.07 Å². The van der Waals surface area contributed by atoms with E-state index in [2.05, 4.69) is 10.3 Å². The van der Waals surface area contributed by atoms with Crippen molar-refractivity contribution in [3.8, 4) is 27.8 Å². The number of nitrogens with zero attached hydrogens (tertiary/aromatic N) is 1. The van der Waals surface area contributed by atoms with Gasteiger partial charge in [0, 0.05) is 18.1 Å². The second-order valence-corrected chi connectivity index (χ2v) is 7.57. The zero-order valence-electron chi connectivity index (χ0n) is 18.0. The number of benzene rings is 2. The molecule has 1 atom stereocenters. The van der Waals surface area contributed by atoms with Gasteiger partial charge in [-0.25, -0.2) is 4.98 Å². The summed E-state index contributed by atoms with van der Waals surface area (Å²) in [6.07, 6.45) is 0. The summed E-state index contributed by atoms with van der Waals surface area (Å²) in [6.45, 7) is 2.83. The standard InChI is InChI=1S/C23H26N2O5S/c1-15(17-7-10-20(21(13-17)29-4)30-12-11-27-2)24-22(26)19-14-31-23(25-19)16-5-8-18(28-3)9-6-16/h5-10,13-15H,11-12H2,1-4H3,(H,24,26). The Balaban J connectivity index is 1.66. The minimum Gasteiger partial charge on any atom is -0.497 e. The number of rotatable bonds is 10. The molecule has 8 heteroatoms. The van der Waals surface area contributed by atoms with E-state index in [0.29, 0.717) is 30.4 Å². The normalized spacial score (nSPS) is 11.6. The highest BCUT2D eigenvalue weighted by Crippen LogP contribution is 2.31. The van der Waals surface area contributed by atoms with Crippen molar-refractivity contribution in [2.45, 2.75) is 13.0 Å². The van der Waals surface area contributed by atoms with Crippen molar-refractivity contribution in [2.24, 2.45) is 0 Å². The summed E-state index contributed by atoms with van der Waals surface area (Å²) in [5, 5.41) is 5.52. The molecule has 0 radical (unpaired) electrons. The molecule has 7 nitrogen and oxygen atoms in total. The van der Waals surface area contributed by atoms with Gasteiger partial charge in [0.25, 0.3) is 5.91 Å². The summed E-state index contributed by atoms with van der Waals surface area (Å²) in [6, 6.07) is 12.9. The van der Waals surface area contributed by atoms with Crippen LogP contribution in [0.25, 0.3) is 10.6 Å². The van der Waals surface area contributed by atoms with Gasteiger partial charge in [-0.05, 0) is 48.9 Å². The van der Waals surface area contributed by atoms with E-state index < -0.39 is 0 Å². The van der Waals surface area contributed by atoms with Crippen LogP contribution < -0.4 is 19.5 Å². The van der Waals surface area contributed by atoms with Crippen LogP contribution >= 0.6 is 11.3 Å². The van der Waals surface area contributed by atoms with Gasteiger partial charge >= 0.3 is 0 Å². The maximum atomic E-state index is 12.7. The molecule has 0 aliphatic rings. The van der Waals surface area contributed by atoms with Crippen molar-refractivity contribution >= 4 is 17.2 Å². The maximum Gasteiger partial charge on any atom is 0.271 e. The number of nitrogens with one attached hydrogen (secondary N) is 1. The molecule has 1 N–H and O–H groups in total. The van der Waals surface area contributed by atoms with Crippen molar-refractivity contribution in [3.05, 3.63) is 59.1 Å². The van der Waals surface area contributed by atoms with Crippen molar-refractivity contribution in [2.75, 3.05) is 34.5 Å². The fraction of sp³-hybridized carbons (Fsp3) is 0.304. The summed E-state index contributed by atoms with van der Waals surface area (Å²) in [5.74, 6) is 1.77. The number of amides is 1. The van der Waals surface area contributed by atoms with E-state index in [1.54, 1.807) is 26.7 Å². The van der Waals surface area contributed by atoms with Gasteiger partial charge in [-0.3, -0.25) is 4.79 Å². The number of methoxy groups -OCH3 is 3. The van der Waals surface area contributed by atoms with Gasteiger partial charge in [0.2, 0.25) is 0 Å². The number of thiazole rings is 1. The Hall–Kier alpha value is -3.10. The number of carbonyl (C=O) groups is 1. The topological polar surface area (TPSA) is 78.9 Å². The zero-order valence-corrected chi connectivity index (χ0v) is 18.8. The third-order valence-electron chi connectivity index (χ3n) is 4.65. The summed E-state index contributed by atoms with van der Waals surface area (Å²) >= 11 is 1.43. The SMILES string of the molecule is COCCOc1ccc(C(C)NC(=O)c2csc(-c3ccc(OC)cc3)n2)cc1OC. The second-order valence-electron chi connectivity index (χ2n) is 6.71. The number of hydrogen-bond acceptors (Lipinski definition) is 7. The summed E-state index contributed by atoms with van der Waals surface area (Å²) in [4.78, 5) is 17.2. The Kier molecular flexibility index (Phi) is 7.86. The lowest BCUT2D eigenvalue weighted by atomic mass is 10.1. The molecule has 164 valence electrons. The largest absolute Gasteiger partial charge is 0.497 e. The Labute approximate surface area is 185 Å². The Morgan fingerprint density at radius 3 is 2.48 bits per heavy atom. The lowest BCUT2D eigenvalue weighted by Gasteiger charge is -2.16. The van der Waals surface area contributed by atoms with Crippen LogP contribution in [0.1, 0.15) is 29.0 Å². The molecule has 0 bridgehead atoms. The highest BCUT2D eigenvalue weighted by Gasteiger charge is 2.17. The van der Waals surface area contributed by atoms with Crippen molar-refractivity contribution in [1.29, 1.82) is 0 Å². The number of carbonyl (C=O) groups excluding carboxylic acids is 1. The quantitative estimate of drug-likeness (QED) is 0.471. The van der Waals surface area contributed by atoms with Gasteiger partial charge < -0.3 is 24.3 Å². The number of aromatic nitrogens is 1. The third kappa shape index (κ3) is 5.74. The molecule has 1 aromatic heterocycles. The first-order valence-electron chi connectivity index (χ1n) is 9.76. The molecular weight excluding hydrogens is 416 g/mol. The maximum absolute atomic E-state index is 12.7. The first kappa shape index (κ1) is 22.6. The van der Waals surface area contributed by atoms with Crippen molar-refractivity contribution in [1.82, 2.24) is 10.3 Å². The van der Waals surface area contributed by atoms with E-state index in [1.165, 1.54) is 11.3 Å². The fourth-order valence-corrected chi connectivity index (χ4v) is 3.71. The van der Waals surface area contributed by atoms with E-state index >= 15 is 0 Å². The average Bonchev–Trinajstić information content (AvgIpc) is 3.30. The Morgan fingerprint density at radius 2 is 1.81 bits per heavy atom. The van der Waals surface area contributed by atoms with Gasteiger partial charge in [-0.15, -0.1) is 11.3 Å². The third-order valence-corrected chi connectivity index (χ3v) is 5.55. The first-order valence-corrected chi connectivity index (χ1v) is 10.6. The lowest BCUT2D eigenvalue weighted by Crippen LogP contribution is -2.26. The molecule has 0 spiro atoms. The van der Waals surface area contributed by atoms with Crippen molar-refractivity contribution < 1.29 is 23.7 Å². The molecule has 1 amide bonds. The van der Waals surface area contributed by atoms with E-state index in [4.69, 9.17) is 18.9 Å².